The molecular formula is C9H10ClN3O2. The Bertz CT molecular complexity index is 389. The van der Waals surface area contributed by atoms with Gasteiger partial charge in [0, 0.05) is 17.8 Å². The minimum absolute atomic E-state index is 0.0577. The molecule has 0 aliphatic rings. The Morgan fingerprint density at radius 1 is 1.53 bits per heavy atom. The Morgan fingerprint density at radius 3 is 2.53 bits per heavy atom. The van der Waals surface area contributed by atoms with Crippen molar-refractivity contribution in [2.45, 2.75) is 0 Å². The average Bonchev–Trinajstić information content (AvgIpc) is 2.17. The number of halogens is 1. The largest absolute Gasteiger partial charge is 0.380 e. The van der Waals surface area contributed by atoms with Gasteiger partial charge in [-0.15, -0.1) is 0 Å². The number of nitro groups is 1. The second kappa shape index (κ2) is 4.65. The van der Waals surface area contributed by atoms with Gasteiger partial charge in [-0.2, -0.15) is 0 Å². The number of nitrogens with two attached hydrogens (primary N) is 1. The van der Waals surface area contributed by atoms with Crippen LogP contribution in [0.15, 0.2) is 36.3 Å². The monoisotopic (exact) mass is 227 g/mol. The first-order valence-electron chi connectivity index (χ1n) is 4.11. The maximum atomic E-state index is 10.2. The SMILES string of the molecule is CN(/C(N)=C/[N+](=O)[O-])c1ccc(Cl)cc1. The third-order valence-electron chi connectivity index (χ3n) is 1.84. The summed E-state index contributed by atoms with van der Waals surface area (Å²) < 4.78 is 0. The molecule has 0 heterocycles. The zero-order chi connectivity index (χ0) is 11.4. The van der Waals surface area contributed by atoms with E-state index >= 15 is 0 Å². The molecule has 0 aliphatic carbocycles. The van der Waals surface area contributed by atoms with Crippen LogP contribution in [0.4, 0.5) is 5.69 Å². The smallest absolute Gasteiger partial charge is 0.274 e. The minimum Gasteiger partial charge on any atom is -0.380 e. The highest BCUT2D eigenvalue weighted by molar-refractivity contribution is 6.30. The Morgan fingerprint density at radius 2 is 2.07 bits per heavy atom. The van der Waals surface area contributed by atoms with Crippen molar-refractivity contribution in [3.63, 3.8) is 0 Å². The van der Waals surface area contributed by atoms with Crippen molar-refractivity contribution in [3.8, 4) is 0 Å². The maximum Gasteiger partial charge on any atom is 0.274 e. The van der Waals surface area contributed by atoms with E-state index in [2.05, 4.69) is 0 Å². The van der Waals surface area contributed by atoms with E-state index in [0.717, 1.165) is 11.9 Å². The number of hydrogen-bond acceptors (Lipinski definition) is 4. The molecule has 0 saturated carbocycles. The van der Waals surface area contributed by atoms with E-state index in [1.165, 1.54) is 4.90 Å². The van der Waals surface area contributed by atoms with Crippen molar-refractivity contribution >= 4 is 17.3 Å². The molecule has 0 unspecified atom stereocenters. The summed E-state index contributed by atoms with van der Waals surface area (Å²) in [6, 6.07) is 6.83. The van der Waals surface area contributed by atoms with E-state index in [4.69, 9.17) is 17.3 Å². The van der Waals surface area contributed by atoms with Crippen molar-refractivity contribution in [2.75, 3.05) is 11.9 Å². The number of rotatable bonds is 3. The summed E-state index contributed by atoms with van der Waals surface area (Å²) in [4.78, 5) is 11.1. The zero-order valence-electron chi connectivity index (χ0n) is 8.05. The van der Waals surface area contributed by atoms with Crippen LogP contribution in [0.5, 0.6) is 0 Å². The van der Waals surface area contributed by atoms with Crippen LogP contribution >= 0.6 is 11.6 Å². The molecular weight excluding hydrogens is 218 g/mol. The van der Waals surface area contributed by atoms with Crippen molar-refractivity contribution < 1.29 is 4.92 Å². The van der Waals surface area contributed by atoms with Crippen LogP contribution < -0.4 is 10.6 Å². The Labute approximate surface area is 91.9 Å². The number of hydrogen-bond donors (Lipinski definition) is 1. The Balaban J connectivity index is 2.89. The standard InChI is InChI=1S/C9H10ClN3O2/c1-12(9(11)6-13(14)15)8-4-2-7(10)3-5-8/h2-6H,11H2,1H3/b9-6+. The quantitative estimate of drug-likeness (QED) is 0.631. The molecule has 1 aromatic carbocycles. The molecule has 0 aromatic heterocycles. The van der Waals surface area contributed by atoms with Gasteiger partial charge in [-0.25, -0.2) is 0 Å². The van der Waals surface area contributed by atoms with Crippen LogP contribution in [-0.2, 0) is 0 Å². The van der Waals surface area contributed by atoms with E-state index in [1.807, 2.05) is 0 Å². The molecule has 15 heavy (non-hydrogen) atoms. The fourth-order valence-corrected chi connectivity index (χ4v) is 1.13. The van der Waals surface area contributed by atoms with Gasteiger partial charge in [0.2, 0.25) is 0 Å². The summed E-state index contributed by atoms with van der Waals surface area (Å²) >= 11 is 5.71. The van der Waals surface area contributed by atoms with Gasteiger partial charge in [0.15, 0.2) is 5.82 Å². The summed E-state index contributed by atoms with van der Waals surface area (Å²) in [6.45, 7) is 0. The molecule has 1 aromatic rings. The zero-order valence-corrected chi connectivity index (χ0v) is 8.81. The molecule has 5 nitrogen and oxygen atoms in total. The first kappa shape index (κ1) is 11.3. The minimum atomic E-state index is -0.595. The number of nitrogens with zero attached hydrogens (tertiary/aromatic N) is 2. The molecule has 0 fully saturated rings. The Kier molecular flexibility index (Phi) is 3.51. The molecule has 80 valence electrons. The van der Waals surface area contributed by atoms with Crippen molar-refractivity contribution in [3.05, 3.63) is 51.4 Å². The molecule has 0 bridgehead atoms. The van der Waals surface area contributed by atoms with Gasteiger partial charge in [0.05, 0.1) is 4.92 Å². The fourth-order valence-electron chi connectivity index (χ4n) is 1.01. The van der Waals surface area contributed by atoms with E-state index in [-0.39, 0.29) is 5.82 Å². The van der Waals surface area contributed by atoms with Gasteiger partial charge in [-0.3, -0.25) is 10.1 Å². The van der Waals surface area contributed by atoms with E-state index in [1.54, 1.807) is 31.3 Å². The summed E-state index contributed by atoms with van der Waals surface area (Å²) in [7, 11) is 1.64. The van der Waals surface area contributed by atoms with Gasteiger partial charge in [0.25, 0.3) is 6.20 Å². The molecule has 2 N–H and O–H groups in total. The molecule has 0 atom stereocenters. The fraction of sp³-hybridized carbons (Fsp3) is 0.111. The van der Waals surface area contributed by atoms with Gasteiger partial charge in [0.1, 0.15) is 0 Å². The maximum absolute atomic E-state index is 10.2. The van der Waals surface area contributed by atoms with E-state index in [9.17, 15) is 10.1 Å². The molecule has 1 rings (SSSR count). The lowest BCUT2D eigenvalue weighted by Gasteiger charge is -2.17. The predicted molar refractivity (Wildman–Crippen MR) is 59.1 cm³/mol. The van der Waals surface area contributed by atoms with Crippen LogP contribution in [-0.4, -0.2) is 12.0 Å². The molecule has 0 amide bonds. The molecule has 0 spiro atoms. The van der Waals surface area contributed by atoms with Gasteiger partial charge < -0.3 is 10.6 Å². The second-order valence-corrected chi connectivity index (χ2v) is 3.31. The lowest BCUT2D eigenvalue weighted by molar-refractivity contribution is -0.403. The highest BCUT2D eigenvalue weighted by Gasteiger charge is 2.06. The summed E-state index contributed by atoms with van der Waals surface area (Å²) in [6.07, 6.45) is 0.745. The lowest BCUT2D eigenvalue weighted by Crippen LogP contribution is -2.23. The van der Waals surface area contributed by atoms with Crippen molar-refractivity contribution in [1.82, 2.24) is 0 Å². The Hall–Kier alpha value is -1.75. The third kappa shape index (κ3) is 3.14. The van der Waals surface area contributed by atoms with Crippen LogP contribution in [0.3, 0.4) is 0 Å². The van der Waals surface area contributed by atoms with Crippen molar-refractivity contribution in [2.24, 2.45) is 5.73 Å². The summed E-state index contributed by atoms with van der Waals surface area (Å²) in [5.41, 5.74) is 6.23. The van der Waals surface area contributed by atoms with Crippen LogP contribution in [0.25, 0.3) is 0 Å². The van der Waals surface area contributed by atoms with Gasteiger partial charge in [-0.1, -0.05) is 11.6 Å². The molecule has 6 heteroatoms. The van der Waals surface area contributed by atoms with Gasteiger partial charge >= 0.3 is 0 Å². The average molecular weight is 228 g/mol. The number of benzene rings is 1. The van der Waals surface area contributed by atoms with E-state index in [0.29, 0.717) is 5.02 Å². The van der Waals surface area contributed by atoms with Crippen LogP contribution in [0.1, 0.15) is 0 Å². The summed E-state index contributed by atoms with van der Waals surface area (Å²) in [5.74, 6) is 0.0577. The molecule has 0 saturated heterocycles. The van der Waals surface area contributed by atoms with Gasteiger partial charge in [-0.05, 0) is 24.3 Å². The third-order valence-corrected chi connectivity index (χ3v) is 2.09. The second-order valence-electron chi connectivity index (χ2n) is 2.87. The van der Waals surface area contributed by atoms with Crippen LogP contribution in [0.2, 0.25) is 5.02 Å². The normalized spacial score (nSPS) is 11.2. The summed E-state index contributed by atoms with van der Waals surface area (Å²) in [5, 5.41) is 10.8. The highest BCUT2D eigenvalue weighted by Crippen LogP contribution is 2.18. The highest BCUT2D eigenvalue weighted by atomic mass is 35.5. The topological polar surface area (TPSA) is 72.4 Å². The lowest BCUT2D eigenvalue weighted by atomic mass is 10.3. The molecule has 0 aliphatic heterocycles. The predicted octanol–water partition coefficient (Wildman–Crippen LogP) is 1.81. The molecule has 0 radical (unpaired) electrons. The first-order chi connectivity index (χ1) is 7.00. The van der Waals surface area contributed by atoms with E-state index < -0.39 is 4.92 Å². The first-order valence-corrected chi connectivity index (χ1v) is 4.48. The van der Waals surface area contributed by atoms with Crippen molar-refractivity contribution in [1.29, 1.82) is 0 Å². The van der Waals surface area contributed by atoms with Crippen LogP contribution in [0, 0.1) is 10.1 Å². The number of anilines is 1.